The van der Waals surface area contributed by atoms with Gasteiger partial charge in [0.2, 0.25) is 0 Å². The molecule has 6 nitrogen and oxygen atoms in total. The molecular formula is C23H23FN4O2S. The summed E-state index contributed by atoms with van der Waals surface area (Å²) >= 11 is 1.36. The minimum Gasteiger partial charge on any atom is -0.356 e. The molecule has 4 aromatic rings. The molecule has 2 aromatic heterocycles. The van der Waals surface area contributed by atoms with Gasteiger partial charge in [-0.1, -0.05) is 23.4 Å². The lowest BCUT2D eigenvalue weighted by atomic mass is 9.91. The van der Waals surface area contributed by atoms with E-state index < -0.39 is 0 Å². The number of nitrogens with zero attached hydrogens (tertiary/aromatic N) is 4. The van der Waals surface area contributed by atoms with Crippen LogP contribution in [0.1, 0.15) is 34.9 Å². The van der Waals surface area contributed by atoms with Gasteiger partial charge in [-0.3, -0.25) is 4.79 Å². The second kappa shape index (κ2) is 8.36. The number of hydrogen-bond donors (Lipinski definition) is 0. The Hall–Kier alpha value is -2.84. The lowest BCUT2D eigenvalue weighted by Gasteiger charge is -2.32. The number of carbonyl (C=O) groups is 1. The highest BCUT2D eigenvalue weighted by molar-refractivity contribution is 7.13. The normalized spacial score (nSPS) is 15.7. The topological polar surface area (TPSA) is 62.5 Å². The number of rotatable bonds is 5. The van der Waals surface area contributed by atoms with Crippen LogP contribution in [0.15, 0.2) is 47.0 Å². The molecule has 0 bridgehead atoms. The lowest BCUT2D eigenvalue weighted by molar-refractivity contribution is 0.0768. The van der Waals surface area contributed by atoms with Crippen molar-refractivity contribution in [3.05, 3.63) is 59.7 Å². The fourth-order valence-corrected chi connectivity index (χ4v) is 5.04. The minimum atomic E-state index is -0.311. The molecule has 1 fully saturated rings. The van der Waals surface area contributed by atoms with Crippen LogP contribution >= 0.6 is 11.5 Å². The third-order valence-corrected chi connectivity index (χ3v) is 6.94. The first-order valence-electron chi connectivity index (χ1n) is 10.5. The SMILES string of the molecule is CN(CCN1CCC(c2noc3cc(F)ccc23)CC1)C(=O)c1nsc2ccccc12. The average Bonchev–Trinajstić information content (AvgIpc) is 3.41. The van der Waals surface area contributed by atoms with Gasteiger partial charge in [-0.15, -0.1) is 0 Å². The van der Waals surface area contributed by atoms with E-state index in [2.05, 4.69) is 14.4 Å². The van der Waals surface area contributed by atoms with E-state index in [9.17, 15) is 9.18 Å². The maximum atomic E-state index is 13.4. The summed E-state index contributed by atoms with van der Waals surface area (Å²) < 4.78 is 24.1. The van der Waals surface area contributed by atoms with E-state index >= 15 is 0 Å². The molecule has 0 saturated carbocycles. The summed E-state index contributed by atoms with van der Waals surface area (Å²) in [6.07, 6.45) is 1.93. The van der Waals surface area contributed by atoms with Gasteiger partial charge in [0.25, 0.3) is 5.91 Å². The molecule has 1 amide bonds. The Balaban J connectivity index is 1.17. The van der Waals surface area contributed by atoms with Gasteiger partial charge in [0.15, 0.2) is 5.58 Å². The van der Waals surface area contributed by atoms with Gasteiger partial charge in [-0.2, -0.15) is 4.37 Å². The number of amides is 1. The number of hydrogen-bond acceptors (Lipinski definition) is 6. The third-order valence-electron chi connectivity index (χ3n) is 6.11. The van der Waals surface area contributed by atoms with Crippen molar-refractivity contribution in [1.82, 2.24) is 19.3 Å². The fraction of sp³-hybridized carbons (Fsp3) is 0.348. The van der Waals surface area contributed by atoms with Gasteiger partial charge in [0.05, 0.1) is 10.4 Å². The highest BCUT2D eigenvalue weighted by atomic mass is 32.1. The summed E-state index contributed by atoms with van der Waals surface area (Å²) in [4.78, 5) is 17.0. The summed E-state index contributed by atoms with van der Waals surface area (Å²) in [5.74, 6) is -0.0355. The first-order valence-corrected chi connectivity index (χ1v) is 11.2. The van der Waals surface area contributed by atoms with Gasteiger partial charge in [-0.05, 0) is 55.7 Å². The van der Waals surface area contributed by atoms with Crippen molar-refractivity contribution in [2.24, 2.45) is 0 Å². The van der Waals surface area contributed by atoms with Crippen LogP contribution in [-0.2, 0) is 0 Å². The van der Waals surface area contributed by atoms with Crippen LogP contribution in [0.25, 0.3) is 21.1 Å². The Morgan fingerprint density at radius 2 is 2.03 bits per heavy atom. The molecule has 1 aliphatic heterocycles. The van der Waals surface area contributed by atoms with Crippen molar-refractivity contribution in [2.75, 3.05) is 33.2 Å². The molecule has 5 rings (SSSR count). The predicted molar refractivity (Wildman–Crippen MR) is 119 cm³/mol. The van der Waals surface area contributed by atoms with E-state index in [4.69, 9.17) is 4.52 Å². The number of carbonyl (C=O) groups excluding carboxylic acids is 1. The largest absolute Gasteiger partial charge is 0.356 e. The number of piperidine rings is 1. The Labute approximate surface area is 183 Å². The standard InChI is InChI=1S/C23H23FN4O2S/c1-27(23(29)22-18-4-2-3-5-20(18)31-26-22)12-13-28-10-8-15(9-11-28)21-17-7-6-16(24)14-19(17)30-25-21/h2-7,14-15H,8-13H2,1H3. The molecule has 0 aliphatic carbocycles. The smallest absolute Gasteiger partial charge is 0.273 e. The van der Waals surface area contributed by atoms with Crippen LogP contribution in [0, 0.1) is 5.82 Å². The number of aromatic nitrogens is 2. The van der Waals surface area contributed by atoms with E-state index in [1.165, 1.54) is 23.7 Å². The van der Waals surface area contributed by atoms with Crippen LogP contribution in [0.4, 0.5) is 4.39 Å². The summed E-state index contributed by atoms with van der Waals surface area (Å²) in [6.45, 7) is 3.34. The molecule has 0 radical (unpaired) electrons. The maximum Gasteiger partial charge on any atom is 0.273 e. The number of halogens is 1. The van der Waals surface area contributed by atoms with E-state index in [1.807, 2.05) is 31.3 Å². The summed E-state index contributed by atoms with van der Waals surface area (Å²) in [5.41, 5.74) is 1.97. The van der Waals surface area contributed by atoms with E-state index in [0.717, 1.165) is 53.6 Å². The second-order valence-corrected chi connectivity index (χ2v) is 8.88. The van der Waals surface area contributed by atoms with Crippen molar-refractivity contribution in [2.45, 2.75) is 18.8 Å². The monoisotopic (exact) mass is 438 g/mol. The Morgan fingerprint density at radius 3 is 2.87 bits per heavy atom. The van der Waals surface area contributed by atoms with Crippen molar-refractivity contribution in [3.8, 4) is 0 Å². The molecule has 160 valence electrons. The van der Waals surface area contributed by atoms with Crippen LogP contribution in [0.3, 0.4) is 0 Å². The molecule has 0 unspecified atom stereocenters. The molecular weight excluding hydrogens is 415 g/mol. The second-order valence-electron chi connectivity index (χ2n) is 8.08. The first-order chi connectivity index (χ1) is 15.1. The summed E-state index contributed by atoms with van der Waals surface area (Å²) in [7, 11) is 1.84. The zero-order valence-corrected chi connectivity index (χ0v) is 18.1. The van der Waals surface area contributed by atoms with Gasteiger partial charge >= 0.3 is 0 Å². The van der Waals surface area contributed by atoms with E-state index in [0.29, 0.717) is 23.7 Å². The van der Waals surface area contributed by atoms with Crippen molar-refractivity contribution >= 4 is 38.5 Å². The summed E-state index contributed by atoms with van der Waals surface area (Å²) in [6, 6.07) is 12.4. The Bertz CT molecular complexity index is 1230. The number of benzene rings is 2. The predicted octanol–water partition coefficient (Wildman–Crippen LogP) is 4.53. The number of likely N-dealkylation sites (N-methyl/N-ethyl adjacent to an activating group) is 1. The van der Waals surface area contributed by atoms with Crippen LogP contribution in [0.5, 0.6) is 0 Å². The van der Waals surface area contributed by atoms with Crippen molar-refractivity contribution < 1.29 is 13.7 Å². The molecule has 1 aliphatic rings. The highest BCUT2D eigenvalue weighted by Crippen LogP contribution is 2.32. The third kappa shape index (κ3) is 3.93. The molecule has 2 aromatic carbocycles. The maximum absolute atomic E-state index is 13.4. The zero-order valence-electron chi connectivity index (χ0n) is 17.3. The van der Waals surface area contributed by atoms with Crippen LogP contribution in [0.2, 0.25) is 0 Å². The Morgan fingerprint density at radius 1 is 1.23 bits per heavy atom. The minimum absolute atomic E-state index is 0.0337. The molecule has 1 saturated heterocycles. The van der Waals surface area contributed by atoms with E-state index in [1.54, 1.807) is 11.0 Å². The molecule has 0 N–H and O–H groups in total. The van der Waals surface area contributed by atoms with Crippen molar-refractivity contribution in [3.63, 3.8) is 0 Å². The zero-order chi connectivity index (χ0) is 21.4. The van der Waals surface area contributed by atoms with Crippen LogP contribution in [-0.4, -0.2) is 58.5 Å². The summed E-state index contributed by atoms with van der Waals surface area (Å²) in [5, 5.41) is 6.04. The lowest BCUT2D eigenvalue weighted by Crippen LogP contribution is -2.40. The van der Waals surface area contributed by atoms with Gasteiger partial charge in [0, 0.05) is 42.9 Å². The molecule has 0 spiro atoms. The van der Waals surface area contributed by atoms with Gasteiger partial charge in [-0.25, -0.2) is 4.39 Å². The number of fused-ring (bicyclic) bond motifs is 2. The van der Waals surface area contributed by atoms with E-state index in [-0.39, 0.29) is 11.7 Å². The molecule has 3 heterocycles. The van der Waals surface area contributed by atoms with Crippen molar-refractivity contribution in [1.29, 1.82) is 0 Å². The Kier molecular flexibility index (Phi) is 5.41. The number of likely N-dealkylation sites (tertiary alicyclic amines) is 1. The molecule has 0 atom stereocenters. The molecule has 8 heteroatoms. The quantitative estimate of drug-likeness (QED) is 0.458. The van der Waals surface area contributed by atoms with Gasteiger partial charge in [0.1, 0.15) is 11.5 Å². The van der Waals surface area contributed by atoms with Crippen LogP contribution < -0.4 is 0 Å². The average molecular weight is 439 g/mol. The van der Waals surface area contributed by atoms with Gasteiger partial charge < -0.3 is 14.3 Å². The fourth-order valence-electron chi connectivity index (χ4n) is 4.27. The highest BCUT2D eigenvalue weighted by Gasteiger charge is 2.26. The molecule has 31 heavy (non-hydrogen) atoms. The first kappa shape index (κ1) is 20.1.